The van der Waals surface area contributed by atoms with Crippen LogP contribution in [0.2, 0.25) is 0 Å². The number of allylic oxidation sites excluding steroid dienone is 1. The number of methoxy groups -OCH3 is 1. The second kappa shape index (κ2) is 8.06. The van der Waals surface area contributed by atoms with E-state index in [1.54, 1.807) is 18.2 Å². The predicted molar refractivity (Wildman–Crippen MR) is 99.5 cm³/mol. The average molecular weight is 438 g/mol. The van der Waals surface area contributed by atoms with Gasteiger partial charge < -0.3 is 8.92 Å². The fraction of sp³-hybridized carbons (Fsp3) is 0.556. The van der Waals surface area contributed by atoms with Gasteiger partial charge in [-0.05, 0) is 67.4 Å². The lowest BCUT2D eigenvalue weighted by molar-refractivity contribution is -0.0509. The maximum Gasteiger partial charge on any atom is 0.534 e. The lowest BCUT2D eigenvalue weighted by atomic mass is 9.88. The highest BCUT2D eigenvalue weighted by Crippen LogP contribution is 2.41. The molecule has 3 rings (SSSR count). The molecule has 1 fully saturated rings. The average Bonchev–Trinajstić information content (AvgIpc) is 2.80. The molecule has 1 aromatic carbocycles. The highest BCUT2D eigenvalue weighted by atomic mass is 32.2. The van der Waals surface area contributed by atoms with Gasteiger partial charge in [0.1, 0.15) is 11.5 Å². The van der Waals surface area contributed by atoms with Crippen LogP contribution in [0.3, 0.4) is 0 Å². The Balaban J connectivity index is 2.12. The minimum atomic E-state index is -5.80. The van der Waals surface area contributed by atoms with Crippen molar-refractivity contribution in [2.75, 3.05) is 18.6 Å². The summed E-state index contributed by atoms with van der Waals surface area (Å²) in [6.45, 7) is 0. The third kappa shape index (κ3) is 4.37. The quantitative estimate of drug-likeness (QED) is 0.529. The van der Waals surface area contributed by atoms with Gasteiger partial charge in [0.2, 0.25) is 0 Å². The molecule has 156 valence electrons. The Morgan fingerprint density at radius 3 is 2.43 bits per heavy atom. The molecule has 2 aliphatic rings. The SMILES string of the molecule is COc1ccc2c(c1)CCCC(C1CCS(=O)CC1)=C2OS(=O)(=O)C(F)(F)F. The first-order valence-corrected chi connectivity index (χ1v) is 11.8. The first-order chi connectivity index (χ1) is 13.1. The summed E-state index contributed by atoms with van der Waals surface area (Å²) < 4.78 is 84.2. The molecule has 10 heteroatoms. The molecular weight excluding hydrogens is 417 g/mol. The van der Waals surface area contributed by atoms with Crippen LogP contribution in [0.25, 0.3) is 5.76 Å². The molecule has 0 spiro atoms. The Labute approximate surface area is 164 Å². The Morgan fingerprint density at radius 2 is 1.82 bits per heavy atom. The third-order valence-corrected chi connectivity index (χ3v) is 7.43. The molecular formula is C18H21F3O5S2. The van der Waals surface area contributed by atoms with Crippen molar-refractivity contribution in [2.24, 2.45) is 5.92 Å². The molecule has 1 aliphatic carbocycles. The summed E-state index contributed by atoms with van der Waals surface area (Å²) in [4.78, 5) is 0. The van der Waals surface area contributed by atoms with E-state index in [2.05, 4.69) is 0 Å². The molecule has 1 saturated heterocycles. The van der Waals surface area contributed by atoms with Gasteiger partial charge in [-0.1, -0.05) is 0 Å². The van der Waals surface area contributed by atoms with Crippen molar-refractivity contribution in [1.82, 2.24) is 0 Å². The predicted octanol–water partition coefficient (Wildman–Crippen LogP) is 3.77. The van der Waals surface area contributed by atoms with Crippen molar-refractivity contribution in [2.45, 2.75) is 37.6 Å². The highest BCUT2D eigenvalue weighted by Gasteiger charge is 2.49. The van der Waals surface area contributed by atoms with E-state index in [1.165, 1.54) is 7.11 Å². The molecule has 1 heterocycles. The summed E-state index contributed by atoms with van der Waals surface area (Å²) in [5.74, 6) is 1.05. The first kappa shape index (κ1) is 21.2. The first-order valence-electron chi connectivity index (χ1n) is 8.88. The second-order valence-corrected chi connectivity index (χ2v) is 10.1. The van der Waals surface area contributed by atoms with Gasteiger partial charge in [-0.25, -0.2) is 0 Å². The minimum absolute atomic E-state index is 0.149. The Kier molecular flexibility index (Phi) is 6.09. The maximum absolute atomic E-state index is 13.0. The molecule has 0 unspecified atom stereocenters. The van der Waals surface area contributed by atoms with Gasteiger partial charge in [0.05, 0.1) is 7.11 Å². The molecule has 1 aliphatic heterocycles. The van der Waals surface area contributed by atoms with Gasteiger partial charge in [-0.2, -0.15) is 21.6 Å². The molecule has 0 radical (unpaired) electrons. The zero-order chi connectivity index (χ0) is 20.5. The standard InChI is InChI=1S/C18H21F3O5S2/c1-25-14-5-6-16-13(11-14)3-2-4-15(12-7-9-27(22)10-8-12)17(16)26-28(23,24)18(19,20)21/h5-6,11-12H,2-4,7-10H2,1H3. The Morgan fingerprint density at radius 1 is 1.14 bits per heavy atom. The third-order valence-electron chi connectivity index (χ3n) is 5.10. The van der Waals surface area contributed by atoms with Crippen LogP contribution in [-0.2, 0) is 31.5 Å². The van der Waals surface area contributed by atoms with Crippen molar-refractivity contribution in [3.63, 3.8) is 0 Å². The molecule has 0 amide bonds. The fourth-order valence-corrected chi connectivity index (χ4v) is 5.48. The number of aryl methyl sites for hydroxylation is 1. The number of halogens is 3. The number of hydrogen-bond acceptors (Lipinski definition) is 5. The van der Waals surface area contributed by atoms with Gasteiger partial charge in [0.15, 0.2) is 0 Å². The molecule has 28 heavy (non-hydrogen) atoms. The van der Waals surface area contributed by atoms with Crippen molar-refractivity contribution in [3.8, 4) is 5.75 Å². The molecule has 0 N–H and O–H groups in total. The van der Waals surface area contributed by atoms with Gasteiger partial charge in [-0.3, -0.25) is 4.21 Å². The number of fused-ring (bicyclic) bond motifs is 1. The second-order valence-electron chi connectivity index (χ2n) is 6.84. The van der Waals surface area contributed by atoms with E-state index >= 15 is 0 Å². The molecule has 0 saturated carbocycles. The van der Waals surface area contributed by atoms with E-state index < -0.39 is 26.4 Å². The zero-order valence-electron chi connectivity index (χ0n) is 15.3. The van der Waals surface area contributed by atoms with Crippen LogP contribution >= 0.6 is 0 Å². The highest BCUT2D eigenvalue weighted by molar-refractivity contribution is 7.87. The molecule has 0 atom stereocenters. The van der Waals surface area contributed by atoms with E-state index in [0.29, 0.717) is 66.1 Å². The van der Waals surface area contributed by atoms with Crippen LogP contribution in [0, 0.1) is 5.92 Å². The van der Waals surface area contributed by atoms with E-state index in [-0.39, 0.29) is 11.7 Å². The molecule has 0 bridgehead atoms. The van der Waals surface area contributed by atoms with Gasteiger partial charge in [-0.15, -0.1) is 0 Å². The normalized spacial score (nSPS) is 23.7. The van der Waals surface area contributed by atoms with E-state index in [0.717, 1.165) is 0 Å². The lowest BCUT2D eigenvalue weighted by Crippen LogP contribution is -2.26. The summed E-state index contributed by atoms with van der Waals surface area (Å²) in [6.07, 6.45) is 2.71. The van der Waals surface area contributed by atoms with Gasteiger partial charge in [0, 0.05) is 27.9 Å². The fourth-order valence-electron chi connectivity index (χ4n) is 3.67. The largest absolute Gasteiger partial charge is 0.534 e. The summed E-state index contributed by atoms with van der Waals surface area (Å²) in [5, 5.41) is 0. The van der Waals surface area contributed by atoms with Crippen LogP contribution in [0.15, 0.2) is 23.8 Å². The van der Waals surface area contributed by atoms with Crippen LogP contribution in [0.5, 0.6) is 5.75 Å². The monoisotopic (exact) mass is 438 g/mol. The molecule has 5 nitrogen and oxygen atoms in total. The van der Waals surface area contributed by atoms with Gasteiger partial charge in [0.25, 0.3) is 0 Å². The number of ether oxygens (including phenoxy) is 1. The van der Waals surface area contributed by atoms with E-state index in [9.17, 15) is 25.8 Å². The van der Waals surface area contributed by atoms with Crippen LogP contribution in [0.1, 0.15) is 36.8 Å². The van der Waals surface area contributed by atoms with Gasteiger partial charge >= 0.3 is 15.6 Å². The number of benzene rings is 1. The minimum Gasteiger partial charge on any atom is -0.497 e. The van der Waals surface area contributed by atoms with E-state index in [4.69, 9.17) is 8.92 Å². The van der Waals surface area contributed by atoms with Crippen LogP contribution in [-0.4, -0.2) is 36.8 Å². The van der Waals surface area contributed by atoms with E-state index in [1.807, 2.05) is 0 Å². The number of rotatable bonds is 4. The van der Waals surface area contributed by atoms with Crippen molar-refractivity contribution >= 4 is 26.7 Å². The van der Waals surface area contributed by atoms with Crippen molar-refractivity contribution in [3.05, 3.63) is 34.9 Å². The topological polar surface area (TPSA) is 69.7 Å². The van der Waals surface area contributed by atoms with Crippen molar-refractivity contribution < 1.29 is 34.7 Å². The summed E-state index contributed by atoms with van der Waals surface area (Å²) >= 11 is 0. The smallest absolute Gasteiger partial charge is 0.497 e. The van der Waals surface area contributed by atoms with Crippen molar-refractivity contribution in [1.29, 1.82) is 0 Å². The summed E-state index contributed by atoms with van der Waals surface area (Å²) in [5.41, 5.74) is -3.93. The lowest BCUT2D eigenvalue weighted by Gasteiger charge is -2.26. The summed E-state index contributed by atoms with van der Waals surface area (Å²) in [6, 6.07) is 4.81. The van der Waals surface area contributed by atoms with Crippen LogP contribution in [0.4, 0.5) is 13.2 Å². The zero-order valence-corrected chi connectivity index (χ0v) is 16.9. The Bertz CT molecular complexity index is 896. The molecule has 1 aromatic rings. The number of alkyl halides is 3. The van der Waals surface area contributed by atoms with Crippen LogP contribution < -0.4 is 4.74 Å². The molecule has 0 aromatic heterocycles. The number of hydrogen-bond donors (Lipinski definition) is 0. The maximum atomic E-state index is 13.0. The summed E-state index contributed by atoms with van der Waals surface area (Å²) in [7, 11) is -5.27. The Hall–Kier alpha value is -1.55.